The van der Waals surface area contributed by atoms with Gasteiger partial charge in [-0.1, -0.05) is 32.9 Å². The van der Waals surface area contributed by atoms with Gasteiger partial charge >= 0.3 is 0 Å². The Morgan fingerprint density at radius 1 is 1.04 bits per heavy atom. The Bertz CT molecular complexity index is 904. The van der Waals surface area contributed by atoms with Crippen LogP contribution in [0.3, 0.4) is 0 Å². The minimum absolute atomic E-state index is 0.0260. The van der Waals surface area contributed by atoms with E-state index >= 15 is 0 Å². The summed E-state index contributed by atoms with van der Waals surface area (Å²) < 4.78 is 1.26. The SMILES string of the molecule is CC(C)(C)c1cccc(-n2c(N)c3c(cc2=O)C(=O)NC3=O)c1. The summed E-state index contributed by atoms with van der Waals surface area (Å²) in [6.07, 6.45) is 0. The number of nitrogens with one attached hydrogen (secondary N) is 1. The van der Waals surface area contributed by atoms with Crippen molar-refractivity contribution in [3.05, 3.63) is 57.4 Å². The second kappa shape index (κ2) is 4.81. The number of imide groups is 1. The molecule has 1 aliphatic rings. The van der Waals surface area contributed by atoms with E-state index in [1.807, 2.05) is 18.2 Å². The number of benzene rings is 1. The van der Waals surface area contributed by atoms with Crippen LogP contribution in [0.4, 0.5) is 5.82 Å². The molecule has 6 nitrogen and oxygen atoms in total. The molecule has 0 saturated carbocycles. The third kappa shape index (κ3) is 2.32. The van der Waals surface area contributed by atoms with Crippen molar-refractivity contribution in [2.24, 2.45) is 0 Å². The average Bonchev–Trinajstić information content (AvgIpc) is 2.73. The summed E-state index contributed by atoms with van der Waals surface area (Å²) >= 11 is 0. The maximum atomic E-state index is 12.4. The summed E-state index contributed by atoms with van der Waals surface area (Å²) in [5.41, 5.74) is 7.16. The highest BCUT2D eigenvalue weighted by Crippen LogP contribution is 2.26. The largest absolute Gasteiger partial charge is 0.384 e. The highest BCUT2D eigenvalue weighted by molar-refractivity contribution is 6.23. The van der Waals surface area contributed by atoms with Gasteiger partial charge in [-0.05, 0) is 23.1 Å². The molecule has 3 rings (SSSR count). The molecule has 0 bridgehead atoms. The molecule has 1 aromatic carbocycles. The summed E-state index contributed by atoms with van der Waals surface area (Å²) in [6.45, 7) is 6.19. The molecule has 118 valence electrons. The van der Waals surface area contributed by atoms with E-state index in [-0.39, 0.29) is 22.4 Å². The fourth-order valence-electron chi connectivity index (χ4n) is 2.66. The Morgan fingerprint density at radius 3 is 2.39 bits per heavy atom. The molecule has 1 aromatic heterocycles. The lowest BCUT2D eigenvalue weighted by atomic mass is 9.87. The van der Waals surface area contributed by atoms with Crippen LogP contribution in [-0.4, -0.2) is 16.4 Å². The smallest absolute Gasteiger partial charge is 0.262 e. The zero-order valence-electron chi connectivity index (χ0n) is 13.1. The van der Waals surface area contributed by atoms with Crippen molar-refractivity contribution in [3.63, 3.8) is 0 Å². The van der Waals surface area contributed by atoms with Crippen molar-refractivity contribution >= 4 is 17.6 Å². The van der Waals surface area contributed by atoms with Gasteiger partial charge in [0.15, 0.2) is 0 Å². The Labute approximate surface area is 132 Å². The van der Waals surface area contributed by atoms with E-state index in [4.69, 9.17) is 5.73 Å². The normalized spacial score (nSPS) is 13.9. The Hall–Kier alpha value is -2.89. The lowest BCUT2D eigenvalue weighted by Gasteiger charge is -2.20. The van der Waals surface area contributed by atoms with Crippen LogP contribution >= 0.6 is 0 Å². The van der Waals surface area contributed by atoms with Crippen LogP contribution in [0.1, 0.15) is 47.1 Å². The molecule has 2 amide bonds. The maximum absolute atomic E-state index is 12.4. The highest BCUT2D eigenvalue weighted by Gasteiger charge is 2.31. The van der Waals surface area contributed by atoms with Crippen molar-refractivity contribution in [1.29, 1.82) is 0 Å². The first kappa shape index (κ1) is 15.0. The number of carbonyl (C=O) groups excluding carboxylic acids is 2. The van der Waals surface area contributed by atoms with Gasteiger partial charge in [0.05, 0.1) is 16.8 Å². The van der Waals surface area contributed by atoms with Crippen LogP contribution in [-0.2, 0) is 5.41 Å². The zero-order chi connectivity index (χ0) is 16.9. The molecule has 0 unspecified atom stereocenters. The third-order valence-corrected chi connectivity index (χ3v) is 3.92. The standard InChI is InChI=1S/C17H17N3O3/c1-17(2,3)9-5-4-6-10(7-9)20-12(21)8-11-13(14(20)18)16(23)19-15(11)22/h4-8H,18H2,1-3H3,(H,19,22,23). The van der Waals surface area contributed by atoms with Gasteiger partial charge in [-0.2, -0.15) is 0 Å². The van der Waals surface area contributed by atoms with Gasteiger partial charge in [-0.25, -0.2) is 0 Å². The Morgan fingerprint density at radius 2 is 1.74 bits per heavy atom. The van der Waals surface area contributed by atoms with Crippen molar-refractivity contribution in [1.82, 2.24) is 9.88 Å². The number of nitrogen functional groups attached to an aromatic ring is 1. The van der Waals surface area contributed by atoms with Gasteiger partial charge in [0.25, 0.3) is 17.4 Å². The second-order valence-corrected chi connectivity index (χ2v) is 6.58. The minimum atomic E-state index is -0.593. The molecule has 23 heavy (non-hydrogen) atoms. The molecular weight excluding hydrogens is 294 g/mol. The van der Waals surface area contributed by atoms with E-state index in [2.05, 4.69) is 26.1 Å². The lowest BCUT2D eigenvalue weighted by molar-refractivity contribution is 0.0880. The van der Waals surface area contributed by atoms with Crippen LogP contribution in [0.5, 0.6) is 0 Å². The van der Waals surface area contributed by atoms with Crippen LogP contribution in [0, 0.1) is 0 Å². The van der Waals surface area contributed by atoms with Gasteiger partial charge in [0, 0.05) is 6.07 Å². The predicted octanol–water partition coefficient (Wildman–Crippen LogP) is 1.60. The van der Waals surface area contributed by atoms with Crippen LogP contribution in [0.2, 0.25) is 0 Å². The van der Waals surface area contributed by atoms with Crippen LogP contribution in [0.25, 0.3) is 5.69 Å². The molecular formula is C17H17N3O3. The molecule has 2 aromatic rings. The zero-order valence-corrected chi connectivity index (χ0v) is 13.1. The fraction of sp³-hybridized carbons (Fsp3) is 0.235. The summed E-state index contributed by atoms with van der Waals surface area (Å²) in [7, 11) is 0. The summed E-state index contributed by atoms with van der Waals surface area (Å²) in [5.74, 6) is -1.20. The molecule has 0 fully saturated rings. The van der Waals surface area contributed by atoms with Crippen molar-refractivity contribution in [3.8, 4) is 5.69 Å². The summed E-state index contributed by atoms with van der Waals surface area (Å²) in [4.78, 5) is 36.0. The van der Waals surface area contributed by atoms with E-state index in [0.29, 0.717) is 5.69 Å². The van der Waals surface area contributed by atoms with Gasteiger partial charge in [-0.3, -0.25) is 24.3 Å². The Kier molecular flexibility index (Phi) is 3.14. The third-order valence-electron chi connectivity index (χ3n) is 3.92. The van der Waals surface area contributed by atoms with Gasteiger partial charge < -0.3 is 5.73 Å². The van der Waals surface area contributed by atoms with Crippen molar-refractivity contribution in [2.75, 3.05) is 5.73 Å². The Balaban J connectivity index is 2.27. The topological polar surface area (TPSA) is 94.2 Å². The van der Waals surface area contributed by atoms with E-state index in [1.165, 1.54) is 4.57 Å². The maximum Gasteiger partial charge on any atom is 0.262 e. The molecule has 3 N–H and O–H groups in total. The monoisotopic (exact) mass is 311 g/mol. The predicted molar refractivity (Wildman–Crippen MR) is 86.9 cm³/mol. The number of pyridine rings is 1. The van der Waals surface area contributed by atoms with E-state index in [1.54, 1.807) is 6.07 Å². The molecule has 1 aliphatic heterocycles. The number of hydrogen-bond acceptors (Lipinski definition) is 4. The van der Waals surface area contributed by atoms with Crippen LogP contribution < -0.4 is 16.6 Å². The molecule has 0 aliphatic carbocycles. The lowest BCUT2D eigenvalue weighted by Crippen LogP contribution is -2.24. The highest BCUT2D eigenvalue weighted by atomic mass is 16.2. The number of hydrogen-bond donors (Lipinski definition) is 2. The minimum Gasteiger partial charge on any atom is -0.384 e. The summed E-state index contributed by atoms with van der Waals surface area (Å²) in [6, 6.07) is 8.55. The van der Waals surface area contributed by atoms with Gasteiger partial charge in [-0.15, -0.1) is 0 Å². The van der Waals surface area contributed by atoms with Crippen LogP contribution in [0.15, 0.2) is 35.1 Å². The number of nitrogens with two attached hydrogens (primary N) is 1. The number of rotatable bonds is 1. The van der Waals surface area contributed by atoms with Gasteiger partial charge in [0.1, 0.15) is 5.82 Å². The molecule has 0 spiro atoms. The first-order valence-corrected chi connectivity index (χ1v) is 7.22. The second-order valence-electron chi connectivity index (χ2n) is 6.58. The first-order valence-electron chi connectivity index (χ1n) is 7.22. The number of amides is 2. The summed E-state index contributed by atoms with van der Waals surface area (Å²) in [5, 5.41) is 2.15. The molecule has 0 atom stereocenters. The van der Waals surface area contributed by atoms with Crippen molar-refractivity contribution in [2.45, 2.75) is 26.2 Å². The molecule has 0 radical (unpaired) electrons. The fourth-order valence-corrected chi connectivity index (χ4v) is 2.66. The van der Waals surface area contributed by atoms with Crippen molar-refractivity contribution < 1.29 is 9.59 Å². The number of carbonyl (C=O) groups is 2. The molecule has 0 saturated heterocycles. The molecule has 6 heteroatoms. The van der Waals surface area contributed by atoms with E-state index in [0.717, 1.165) is 11.6 Å². The number of fused-ring (bicyclic) bond motifs is 1. The number of aromatic nitrogens is 1. The van der Waals surface area contributed by atoms with E-state index in [9.17, 15) is 14.4 Å². The first-order chi connectivity index (χ1) is 10.7. The molecule has 2 heterocycles. The van der Waals surface area contributed by atoms with Gasteiger partial charge in [0.2, 0.25) is 0 Å². The quantitative estimate of drug-likeness (QED) is 0.782. The number of nitrogens with zero attached hydrogens (tertiary/aromatic N) is 1. The van der Waals surface area contributed by atoms with E-state index < -0.39 is 17.4 Å². The average molecular weight is 311 g/mol. The number of anilines is 1.